The van der Waals surface area contributed by atoms with Gasteiger partial charge in [0.2, 0.25) is 0 Å². The summed E-state index contributed by atoms with van der Waals surface area (Å²) in [5, 5.41) is 65.9. The Labute approximate surface area is 836 Å². The molecule has 2 aromatic heterocycles. The zero-order chi connectivity index (χ0) is 94.9. The summed E-state index contributed by atoms with van der Waals surface area (Å²) >= 11 is 3.13. The monoisotopic (exact) mass is 2040 g/mol. The Morgan fingerprint density at radius 1 is 0.699 bits per heavy atom. The molecule has 2 amide bonds. The molecule has 10 rings (SSSR count). The molecule has 0 spiro atoms. The van der Waals surface area contributed by atoms with Gasteiger partial charge in [-0.3, -0.25) is 30.0 Å². The minimum Gasteiger partial charge on any atom is -1.00 e. The maximum Gasteiger partial charge on any atom is 2.00 e. The molecule has 0 saturated carbocycles. The van der Waals surface area contributed by atoms with Crippen molar-refractivity contribution in [3.63, 3.8) is 0 Å². The van der Waals surface area contributed by atoms with Gasteiger partial charge in [-0.05, 0) is 129 Å². The number of hydrazine groups is 3. The largest absolute Gasteiger partial charge is 2.00 e. The number of carbonyl (C=O) groups is 4. The van der Waals surface area contributed by atoms with Crippen LogP contribution in [0.25, 0.3) is 32.0 Å². The molecule has 0 aliphatic carbocycles. The number of ether oxygens (including phenoxy) is 4. The van der Waals surface area contributed by atoms with Crippen LogP contribution in [0.3, 0.4) is 0 Å². The number of hydrogen-bond donors (Lipinski definition) is 7. The van der Waals surface area contributed by atoms with Crippen LogP contribution in [0.1, 0.15) is 116 Å². The van der Waals surface area contributed by atoms with Crippen molar-refractivity contribution >= 4 is 161 Å². The van der Waals surface area contributed by atoms with Gasteiger partial charge < -0.3 is 76.7 Å². The van der Waals surface area contributed by atoms with Gasteiger partial charge in [0.05, 0.1) is 71.0 Å². The summed E-state index contributed by atoms with van der Waals surface area (Å²) in [5.74, 6) is -1.10. The number of hydrogen-bond acceptors (Lipinski definition) is 29. The van der Waals surface area contributed by atoms with Gasteiger partial charge in [0, 0.05) is 70.8 Å². The molecule has 2 atom stereocenters. The van der Waals surface area contributed by atoms with Gasteiger partial charge in [-0.1, -0.05) is 128 Å². The van der Waals surface area contributed by atoms with E-state index in [1.165, 1.54) is 50.2 Å². The second-order valence-corrected chi connectivity index (χ2v) is 28.7. The maximum absolute atomic E-state index is 12.5. The normalized spacial score (nSPS) is 13.3. The summed E-state index contributed by atoms with van der Waals surface area (Å²) in [7, 11) is 6.18. The van der Waals surface area contributed by atoms with Crippen molar-refractivity contribution in [3.05, 3.63) is 250 Å². The molecule has 50 heteroatoms. The van der Waals surface area contributed by atoms with E-state index in [0.717, 1.165) is 64.8 Å². The summed E-state index contributed by atoms with van der Waals surface area (Å²) in [6, 6.07) is 19.5. The molecule has 5 aromatic rings. The summed E-state index contributed by atoms with van der Waals surface area (Å²) in [6.45, 7) is 42.4. The average molecular weight is 2050 g/mol. The Hall–Kier alpha value is -8.66. The number of allylic oxidation sites excluding steroid dienone is 4. The van der Waals surface area contributed by atoms with E-state index in [2.05, 4.69) is 118 Å². The Morgan fingerprint density at radius 3 is 1.59 bits per heavy atom. The van der Waals surface area contributed by atoms with Crippen LogP contribution in [0.5, 0.6) is 0 Å². The minimum atomic E-state index is -0.993. The van der Waals surface area contributed by atoms with Crippen LogP contribution in [-0.2, 0) is 59.2 Å². The van der Waals surface area contributed by atoms with Crippen LogP contribution in [0.2, 0.25) is 20.5 Å². The first-order valence-corrected chi connectivity index (χ1v) is 41.0. The number of aromatic nitrogens is 4. The number of fused-ring (bicyclic) bond motifs is 5. The maximum atomic E-state index is 12.5. The van der Waals surface area contributed by atoms with E-state index >= 15 is 0 Å². The molecule has 7 heterocycles. The first-order valence-electron chi connectivity index (χ1n) is 39.9. The number of alkyl halides is 1. The topological polar surface area (TPSA) is 464 Å². The quantitative estimate of drug-likeness (QED) is 0.00473. The van der Waals surface area contributed by atoms with Gasteiger partial charge in [-0.15, -0.1) is 57.2 Å². The molecule has 0 bridgehead atoms. The number of benzene rings is 3. The third-order valence-electron chi connectivity index (χ3n) is 15.8. The predicted molar refractivity (Wildman–Crippen MR) is 543 cm³/mol. The van der Waals surface area contributed by atoms with Crippen LogP contribution in [0.15, 0.2) is 212 Å². The van der Waals surface area contributed by atoms with Crippen molar-refractivity contribution in [2.24, 2.45) is 20.3 Å². The number of methoxy groups -OCH3 is 1. The molecule has 5 aliphatic heterocycles. The molecule has 5 aliphatic rings. The van der Waals surface area contributed by atoms with Gasteiger partial charge in [-0.2, -0.15) is 6.42 Å². The van der Waals surface area contributed by atoms with E-state index < -0.39 is 68.6 Å². The van der Waals surface area contributed by atoms with E-state index in [4.69, 9.17) is 25.1 Å². The number of carbonyl (C=O) groups excluding carboxylic acids is 4. The van der Waals surface area contributed by atoms with Crippen molar-refractivity contribution in [3.8, 4) is 0 Å². The van der Waals surface area contributed by atoms with E-state index in [9.17, 15) is 62.9 Å². The molecule has 0 saturated heterocycles. The number of rotatable bonds is 21. The molecule has 2 unspecified atom stereocenters. The smallest absolute Gasteiger partial charge is 1.00 e. The molecule has 133 heavy (non-hydrogen) atoms. The van der Waals surface area contributed by atoms with Crippen molar-refractivity contribution in [2.75, 3.05) is 92.5 Å². The number of aliphatic hydroxyl groups excluding tert-OH is 2. The number of azide groups is 1. The fraction of sp³-hybridized carbons (Fsp3) is 0.470. The minimum absolute atomic E-state index is 0. The van der Waals surface area contributed by atoms with Crippen molar-refractivity contribution < 1.29 is 101 Å². The molecular weight excluding hydrogens is 1900 g/mol. The predicted octanol–water partition coefficient (Wildman–Crippen LogP) is 3.44. The first kappa shape index (κ1) is 145. The number of cyclic esters (lactones) is 2. The molecule has 0 radical (unpaired) electrons. The van der Waals surface area contributed by atoms with E-state index in [-0.39, 0.29) is 149 Å². The van der Waals surface area contributed by atoms with Crippen LogP contribution >= 0.6 is 40.7 Å². The number of aliphatic hydroxyl groups is 2. The molecule has 7 N–H and O–H groups in total. The second kappa shape index (κ2) is 86.2. The third kappa shape index (κ3) is 59.7. The van der Waals surface area contributed by atoms with Crippen LogP contribution < -0.4 is 54.8 Å². The second-order valence-electron chi connectivity index (χ2n) is 28.0. The van der Waals surface area contributed by atoms with Gasteiger partial charge in [0.25, 0.3) is 22.2 Å². The molecule has 37 nitrogen and oxygen atoms in total. The average Bonchev–Trinajstić information content (AvgIpc) is 1.25. The molecular formula is C83H139B7Br2Cl2FMgN17O20-4. The summed E-state index contributed by atoms with van der Waals surface area (Å²) in [6.07, 6.45) is 24.5. The zero-order valence-electron chi connectivity index (χ0n) is 78.7. The Morgan fingerprint density at radius 2 is 1.16 bits per heavy atom. The van der Waals surface area contributed by atoms with Crippen molar-refractivity contribution in [2.45, 2.75) is 164 Å². The number of nitrogens with one attached hydrogen (secondary N) is 2. The van der Waals surface area contributed by atoms with Crippen LogP contribution in [-0.4, -0.2) is 283 Å². The standard InChI is InChI=1S/C13H25BN2O3.C13H13N5O3.C13H12N2O2.C11H21BN2O3.C8H4O3.C6H12B2N2O2.C5H10N2.C4H7.C3H5Br.C2H6B2N2O2.C2H6O.CH4O.CH4.CH3.BH4.BrH.2ClH.FH.Mg.H/c1-7-9-11-16(14(6)18)15(10-8-2)12(17)19-13(3,4)5;14-16-15-10-5-6-17-12(20)8-3-1-2-4-9(8)13(21)18(17)7-11(10)19;16-12-10-6-2-3-7-11(10)13(17)15-9-5-1-4-8-14(12)15;1-11(2,3)17-10(15)13-8-6-5-7-9-14(13)12(4)16;9-7-5-3-1-2-4-6(5)8(10)11-7;1-3-4-5-10(6-7-11)9-8-12-2;1-2-4-6-7-5-3-1;1-3-4-2;1-2-3-4;1-4(8)6-5-2-3-7;1-3-2;1-2;;;;;;;;;/h7-8,18H,1-2,9-11H2,3-6H3;1-4,10-11,19H,5-7H2;1-4,6-7H,5,8-9H2;5-6,16H,7-9H2,1-4H3;1-4H;3H,1,4-6H2,2H3;1-2,6-7H,3-5H2;3H,1-2,4H2;2H,1,3H2;8H,2H2,1H3;1-2H3;2H,1H3;1H4;1H3;1H4;4*1H;;/q;;;;;;;-1;;;;;;2*-1;;;;;+2;-1/p-2/i;;;;;;;;;;;;;;;;;;;;1+1. The molecule has 738 valence electrons. The SMILES string of the molecule is C.C1=CCNNCC1.C=CCBr.C=CCCN(B(C)O)N(CC=C)C(=O)OC(C)(C)C.C=CCCN(CB=O)N=BOC.C=CC[CH2-].CB(O)N1CCC=CCN1C(=O)OC(C)(C)C.CB(O)N=NCB=O.CO.COC.Cl.Cl.O=C1OC(=O)c2ccccc21.O=c1c2ccccc2c(=O)n2n1CC=CCC2.[2H-].[BH4-].[Br-].[CH3-].[F-].[Mg+2].[N-]=[N+]=NC1CCn2c(=O)c3ccccc3c(=O)n2CC1O. The van der Waals surface area contributed by atoms with Crippen molar-refractivity contribution in [1.29, 1.82) is 0 Å². The Bertz CT molecular complexity index is 4550. The summed E-state index contributed by atoms with van der Waals surface area (Å²) in [4.78, 5) is 101. The van der Waals surface area contributed by atoms with Gasteiger partial charge in [-0.25, -0.2) is 57.8 Å². The number of amides is 2. The summed E-state index contributed by atoms with van der Waals surface area (Å²) < 4.78 is 49.2. The van der Waals surface area contributed by atoms with E-state index in [0.29, 0.717) is 91.9 Å². The van der Waals surface area contributed by atoms with E-state index in [1.54, 1.807) is 166 Å². The van der Waals surface area contributed by atoms with Crippen LogP contribution in [0.4, 0.5) is 9.59 Å². The van der Waals surface area contributed by atoms with Gasteiger partial charge >= 0.3 is 182 Å². The fourth-order valence-electron chi connectivity index (χ4n) is 10.5. The van der Waals surface area contributed by atoms with Gasteiger partial charge in [0.15, 0.2) is 0 Å². The fourth-order valence-corrected chi connectivity index (χ4v) is 10.5. The van der Waals surface area contributed by atoms with Crippen LogP contribution in [0, 0.1) is 14.4 Å². The Balaban J connectivity index is -0.000000141. The number of esters is 2. The molecule has 3 aromatic carbocycles. The summed E-state index contributed by atoms with van der Waals surface area (Å²) in [5.41, 5.74) is 13.4. The van der Waals surface area contributed by atoms with Gasteiger partial charge in [0.1, 0.15) is 11.2 Å². The van der Waals surface area contributed by atoms with Crippen molar-refractivity contribution in [1.82, 2.24) is 54.4 Å². The number of nitrogens with zero attached hydrogens (tertiary/aromatic N) is 15. The zero-order valence-corrected chi connectivity index (χ0v) is 83.9. The van der Waals surface area contributed by atoms with E-state index in [1.807, 2.05) is 45.1 Å². The number of halogens is 5. The molecule has 0 fully saturated rings. The first-order chi connectivity index (χ1) is 59.6. The third-order valence-corrected chi connectivity index (χ3v) is 16.3. The Kier molecular flexibility index (Phi) is 93.8.